The van der Waals surface area contributed by atoms with Gasteiger partial charge in [-0.1, -0.05) is 12.1 Å². The van der Waals surface area contributed by atoms with Crippen LogP contribution in [0.4, 0.5) is 0 Å². The number of fused-ring (bicyclic) bond motifs is 1. The molecule has 2 N–H and O–H groups in total. The Morgan fingerprint density at radius 1 is 1.05 bits per heavy atom. The third kappa shape index (κ3) is 2.77. The molecule has 2 aromatic carbocycles. The molecule has 3 nitrogen and oxygen atoms in total. The van der Waals surface area contributed by atoms with Gasteiger partial charge in [-0.2, -0.15) is 0 Å². The summed E-state index contributed by atoms with van der Waals surface area (Å²) in [5.41, 5.74) is 3.91. The van der Waals surface area contributed by atoms with E-state index in [9.17, 15) is 15.0 Å². The molecule has 0 radical (unpaired) electrons. The van der Waals surface area contributed by atoms with Gasteiger partial charge >= 0.3 is 0 Å². The summed E-state index contributed by atoms with van der Waals surface area (Å²) in [6.07, 6.45) is 4.59. The molecule has 21 heavy (non-hydrogen) atoms. The molecular formula is C18H18O3. The highest BCUT2D eigenvalue weighted by atomic mass is 16.3. The normalized spacial score (nSPS) is 17.8. The first-order chi connectivity index (χ1) is 10.2. The summed E-state index contributed by atoms with van der Waals surface area (Å²) in [4.78, 5) is 11.3. The van der Waals surface area contributed by atoms with E-state index in [-0.39, 0.29) is 11.5 Å². The lowest BCUT2D eigenvalue weighted by Crippen LogP contribution is -2.04. The third-order valence-corrected chi connectivity index (χ3v) is 4.30. The molecule has 108 valence electrons. The minimum atomic E-state index is 0.166. The Morgan fingerprint density at radius 3 is 2.52 bits per heavy atom. The molecule has 1 aliphatic carbocycles. The Labute approximate surface area is 123 Å². The van der Waals surface area contributed by atoms with Crippen molar-refractivity contribution in [2.24, 2.45) is 0 Å². The van der Waals surface area contributed by atoms with E-state index in [1.54, 1.807) is 24.3 Å². The van der Waals surface area contributed by atoms with Crippen molar-refractivity contribution in [1.29, 1.82) is 0 Å². The monoisotopic (exact) mass is 282 g/mol. The molecular weight excluding hydrogens is 264 g/mol. The molecule has 0 spiro atoms. The van der Waals surface area contributed by atoms with Crippen molar-refractivity contribution in [2.45, 2.75) is 31.6 Å². The Morgan fingerprint density at radius 2 is 1.81 bits per heavy atom. The SMILES string of the molecule is O=Cc1cc(O)cc2c1CC(c1ccc(O)cc1)CCC2. The summed E-state index contributed by atoms with van der Waals surface area (Å²) in [6, 6.07) is 10.6. The van der Waals surface area contributed by atoms with E-state index in [0.29, 0.717) is 11.5 Å². The van der Waals surface area contributed by atoms with Gasteiger partial charge in [-0.3, -0.25) is 4.79 Å². The number of carbonyl (C=O) groups excluding carboxylic acids is 1. The van der Waals surface area contributed by atoms with Crippen molar-refractivity contribution in [2.75, 3.05) is 0 Å². The molecule has 0 aliphatic heterocycles. The standard InChI is InChI=1S/C18H18O3/c19-11-15-9-17(21)8-14-3-1-2-13(10-18(14)15)12-4-6-16(20)7-5-12/h4-9,11,13,20-21H,1-3,10H2. The first-order valence-electron chi connectivity index (χ1n) is 7.26. The molecule has 0 fully saturated rings. The smallest absolute Gasteiger partial charge is 0.150 e. The zero-order chi connectivity index (χ0) is 14.8. The van der Waals surface area contributed by atoms with Crippen LogP contribution in [0.25, 0.3) is 0 Å². The van der Waals surface area contributed by atoms with Crippen molar-refractivity contribution < 1.29 is 15.0 Å². The summed E-state index contributed by atoms with van der Waals surface area (Å²) in [5.74, 6) is 0.778. The third-order valence-electron chi connectivity index (χ3n) is 4.30. The van der Waals surface area contributed by atoms with Gasteiger partial charge in [0, 0.05) is 5.56 Å². The van der Waals surface area contributed by atoms with Crippen LogP contribution in [0.15, 0.2) is 36.4 Å². The van der Waals surface area contributed by atoms with E-state index in [1.807, 2.05) is 12.1 Å². The minimum Gasteiger partial charge on any atom is -0.508 e. The highest BCUT2D eigenvalue weighted by Crippen LogP contribution is 2.35. The molecule has 2 aromatic rings. The lowest BCUT2D eigenvalue weighted by Gasteiger charge is -2.16. The molecule has 1 unspecified atom stereocenters. The summed E-state index contributed by atoms with van der Waals surface area (Å²) >= 11 is 0. The lowest BCUT2D eigenvalue weighted by atomic mass is 9.88. The highest BCUT2D eigenvalue weighted by Gasteiger charge is 2.21. The fourth-order valence-corrected chi connectivity index (χ4v) is 3.23. The van der Waals surface area contributed by atoms with Crippen molar-refractivity contribution in [3.63, 3.8) is 0 Å². The summed E-state index contributed by atoms with van der Waals surface area (Å²) in [5, 5.41) is 19.1. The fourth-order valence-electron chi connectivity index (χ4n) is 3.23. The molecule has 0 bridgehead atoms. The lowest BCUT2D eigenvalue weighted by molar-refractivity contribution is 0.112. The van der Waals surface area contributed by atoms with E-state index < -0.39 is 0 Å². The number of phenolic OH excluding ortho intramolecular Hbond substituents is 2. The van der Waals surface area contributed by atoms with Gasteiger partial charge in [0.05, 0.1) is 0 Å². The largest absolute Gasteiger partial charge is 0.508 e. The Kier molecular flexibility index (Phi) is 3.65. The maximum atomic E-state index is 11.3. The topological polar surface area (TPSA) is 57.5 Å². The number of carbonyl (C=O) groups is 1. The van der Waals surface area contributed by atoms with E-state index >= 15 is 0 Å². The number of phenols is 2. The van der Waals surface area contributed by atoms with Gasteiger partial charge in [-0.25, -0.2) is 0 Å². The van der Waals surface area contributed by atoms with Crippen molar-refractivity contribution >= 4 is 6.29 Å². The van der Waals surface area contributed by atoms with Gasteiger partial charge in [0.25, 0.3) is 0 Å². The van der Waals surface area contributed by atoms with Gasteiger partial charge in [0.2, 0.25) is 0 Å². The van der Waals surface area contributed by atoms with Crippen LogP contribution in [0.3, 0.4) is 0 Å². The van der Waals surface area contributed by atoms with Gasteiger partial charge in [-0.05, 0) is 72.6 Å². The second kappa shape index (κ2) is 5.60. The Bertz CT molecular complexity index is 659. The van der Waals surface area contributed by atoms with Crippen molar-refractivity contribution in [3.8, 4) is 11.5 Å². The van der Waals surface area contributed by atoms with E-state index in [2.05, 4.69) is 0 Å². The average molecular weight is 282 g/mol. The first kappa shape index (κ1) is 13.7. The van der Waals surface area contributed by atoms with E-state index in [1.165, 1.54) is 5.56 Å². The highest BCUT2D eigenvalue weighted by molar-refractivity contribution is 5.79. The van der Waals surface area contributed by atoms with Crippen LogP contribution in [0.5, 0.6) is 11.5 Å². The number of hydrogen-bond acceptors (Lipinski definition) is 3. The minimum absolute atomic E-state index is 0.166. The zero-order valence-corrected chi connectivity index (χ0v) is 11.7. The maximum absolute atomic E-state index is 11.3. The summed E-state index contributed by atoms with van der Waals surface area (Å²) in [7, 11) is 0. The van der Waals surface area contributed by atoms with Crippen LogP contribution in [0, 0.1) is 0 Å². The van der Waals surface area contributed by atoms with Gasteiger partial charge in [0.1, 0.15) is 17.8 Å². The van der Waals surface area contributed by atoms with Crippen LogP contribution in [-0.2, 0) is 12.8 Å². The number of hydrogen-bond donors (Lipinski definition) is 2. The number of aryl methyl sites for hydroxylation is 1. The van der Waals surface area contributed by atoms with Gasteiger partial charge in [0.15, 0.2) is 0 Å². The summed E-state index contributed by atoms with van der Waals surface area (Å²) < 4.78 is 0. The van der Waals surface area contributed by atoms with Crippen molar-refractivity contribution in [3.05, 3.63) is 58.7 Å². The molecule has 3 heteroatoms. The van der Waals surface area contributed by atoms with Crippen LogP contribution in [-0.4, -0.2) is 16.5 Å². The Hall–Kier alpha value is -2.29. The number of benzene rings is 2. The fraction of sp³-hybridized carbons (Fsp3) is 0.278. The van der Waals surface area contributed by atoms with Gasteiger partial charge in [-0.15, -0.1) is 0 Å². The summed E-state index contributed by atoms with van der Waals surface area (Å²) in [6.45, 7) is 0. The number of aromatic hydroxyl groups is 2. The molecule has 0 saturated heterocycles. The van der Waals surface area contributed by atoms with Crippen molar-refractivity contribution in [1.82, 2.24) is 0 Å². The average Bonchev–Trinajstić information content (AvgIpc) is 2.69. The zero-order valence-electron chi connectivity index (χ0n) is 11.7. The van der Waals surface area contributed by atoms with E-state index in [0.717, 1.165) is 43.1 Å². The molecule has 0 aromatic heterocycles. The molecule has 0 amide bonds. The Balaban J connectivity index is 1.98. The molecule has 3 rings (SSSR count). The molecule has 0 heterocycles. The second-order valence-electron chi connectivity index (χ2n) is 5.68. The van der Waals surface area contributed by atoms with E-state index in [4.69, 9.17) is 0 Å². The van der Waals surface area contributed by atoms with Crippen LogP contribution in [0.2, 0.25) is 0 Å². The van der Waals surface area contributed by atoms with Crippen LogP contribution >= 0.6 is 0 Å². The molecule has 0 saturated carbocycles. The first-order valence-corrected chi connectivity index (χ1v) is 7.26. The van der Waals surface area contributed by atoms with Gasteiger partial charge < -0.3 is 10.2 Å². The second-order valence-corrected chi connectivity index (χ2v) is 5.68. The predicted octanol–water partition coefficient (Wildman–Crippen LogP) is 3.57. The predicted molar refractivity (Wildman–Crippen MR) is 81.0 cm³/mol. The van der Waals surface area contributed by atoms with Crippen LogP contribution < -0.4 is 0 Å². The van der Waals surface area contributed by atoms with Crippen LogP contribution in [0.1, 0.15) is 45.8 Å². The number of aldehydes is 1. The maximum Gasteiger partial charge on any atom is 0.150 e. The molecule has 1 atom stereocenters. The number of rotatable bonds is 2. The quantitative estimate of drug-likeness (QED) is 0.654. The molecule has 1 aliphatic rings.